The van der Waals surface area contributed by atoms with Crippen molar-refractivity contribution in [3.8, 4) is 5.75 Å². The third kappa shape index (κ3) is 3.10. The Bertz CT molecular complexity index is 671. The Morgan fingerprint density at radius 1 is 1.32 bits per heavy atom. The highest BCUT2D eigenvalue weighted by Crippen LogP contribution is 2.32. The number of hydrogen-bond donors (Lipinski definition) is 0. The first-order valence-electron chi connectivity index (χ1n) is 7.33. The zero-order valence-electron chi connectivity index (χ0n) is 12.7. The Morgan fingerprint density at radius 2 is 2.05 bits per heavy atom. The number of sulfone groups is 1. The zero-order chi connectivity index (χ0) is 15.7. The smallest absolute Gasteiger partial charge is 0.160 e. The number of amidine groups is 1. The van der Waals surface area contributed by atoms with Crippen molar-refractivity contribution in [3.05, 3.63) is 29.8 Å². The molecular weight excluding hydrogens is 320 g/mol. The number of nitrogens with zero attached hydrogens (tertiary/aromatic N) is 2. The van der Waals surface area contributed by atoms with E-state index in [0.29, 0.717) is 6.54 Å². The second-order valence-electron chi connectivity index (χ2n) is 5.53. The average molecular weight is 340 g/mol. The van der Waals surface area contributed by atoms with E-state index in [1.165, 1.54) is 0 Å². The van der Waals surface area contributed by atoms with Crippen LogP contribution >= 0.6 is 11.8 Å². The number of rotatable bonds is 4. The Labute approximate surface area is 135 Å². The second-order valence-corrected chi connectivity index (χ2v) is 8.92. The topological polar surface area (TPSA) is 59.0 Å². The summed E-state index contributed by atoms with van der Waals surface area (Å²) >= 11 is 1.69. The Balaban J connectivity index is 1.81. The molecule has 2 aliphatic heterocycles. The minimum atomic E-state index is -2.96. The normalized spacial score (nSPS) is 25.9. The van der Waals surface area contributed by atoms with Crippen molar-refractivity contribution in [1.82, 2.24) is 4.90 Å². The number of hydrogen-bond acceptors (Lipinski definition) is 6. The lowest BCUT2D eigenvalue weighted by molar-refractivity contribution is 0.342. The molecule has 0 unspecified atom stereocenters. The summed E-state index contributed by atoms with van der Waals surface area (Å²) in [5.74, 6) is 2.16. The van der Waals surface area contributed by atoms with Crippen molar-refractivity contribution in [2.24, 2.45) is 4.99 Å². The van der Waals surface area contributed by atoms with E-state index in [0.717, 1.165) is 22.2 Å². The molecule has 0 N–H and O–H groups in total. The lowest BCUT2D eigenvalue weighted by atomic mass is 10.1. The fourth-order valence-corrected chi connectivity index (χ4v) is 5.66. The van der Waals surface area contributed by atoms with E-state index in [-0.39, 0.29) is 23.6 Å². The summed E-state index contributed by atoms with van der Waals surface area (Å²) < 4.78 is 28.9. The molecule has 0 amide bonds. The molecule has 2 heterocycles. The lowest BCUT2D eigenvalue weighted by Gasteiger charge is -2.26. The zero-order valence-corrected chi connectivity index (χ0v) is 14.4. The van der Waals surface area contributed by atoms with E-state index < -0.39 is 9.84 Å². The van der Waals surface area contributed by atoms with Gasteiger partial charge >= 0.3 is 0 Å². The largest absolute Gasteiger partial charge is 0.497 e. The van der Waals surface area contributed by atoms with Crippen LogP contribution in [0.1, 0.15) is 12.5 Å². The molecule has 1 aromatic carbocycles. The van der Waals surface area contributed by atoms with Crippen LogP contribution in [-0.4, -0.2) is 54.9 Å². The van der Waals surface area contributed by atoms with Gasteiger partial charge in [0.2, 0.25) is 0 Å². The summed E-state index contributed by atoms with van der Waals surface area (Å²) in [7, 11) is -1.31. The van der Waals surface area contributed by atoms with Crippen molar-refractivity contribution < 1.29 is 13.2 Å². The van der Waals surface area contributed by atoms with E-state index in [1.807, 2.05) is 24.3 Å². The van der Waals surface area contributed by atoms with Gasteiger partial charge < -0.3 is 9.64 Å². The number of benzene rings is 1. The van der Waals surface area contributed by atoms with Crippen LogP contribution in [0.25, 0.3) is 0 Å². The molecule has 0 saturated carbocycles. The van der Waals surface area contributed by atoms with E-state index in [9.17, 15) is 8.42 Å². The molecule has 1 saturated heterocycles. The fourth-order valence-electron chi connectivity index (χ4n) is 2.95. The first kappa shape index (κ1) is 15.7. The third-order valence-electron chi connectivity index (χ3n) is 4.00. The third-order valence-corrected chi connectivity index (χ3v) is 6.59. The lowest BCUT2D eigenvalue weighted by Crippen LogP contribution is -2.38. The quantitative estimate of drug-likeness (QED) is 0.836. The molecule has 3 rings (SSSR count). The number of fused-ring (bicyclic) bond motifs is 1. The van der Waals surface area contributed by atoms with E-state index in [2.05, 4.69) is 16.8 Å². The van der Waals surface area contributed by atoms with Gasteiger partial charge in [-0.15, -0.1) is 0 Å². The van der Waals surface area contributed by atoms with Gasteiger partial charge in [-0.2, -0.15) is 0 Å². The second kappa shape index (κ2) is 6.12. The van der Waals surface area contributed by atoms with Gasteiger partial charge in [-0.3, -0.25) is 4.99 Å². The average Bonchev–Trinajstić information content (AvgIpc) is 2.94. The number of ether oxygens (including phenoxy) is 1. The van der Waals surface area contributed by atoms with Crippen molar-refractivity contribution in [1.29, 1.82) is 0 Å². The molecule has 0 spiro atoms. The van der Waals surface area contributed by atoms with Gasteiger partial charge in [0.1, 0.15) is 5.75 Å². The Morgan fingerprint density at radius 3 is 2.68 bits per heavy atom. The van der Waals surface area contributed by atoms with Crippen LogP contribution in [-0.2, 0) is 16.4 Å². The van der Waals surface area contributed by atoms with Crippen LogP contribution in [0.4, 0.5) is 0 Å². The van der Waals surface area contributed by atoms with E-state index in [4.69, 9.17) is 4.74 Å². The van der Waals surface area contributed by atoms with Crippen LogP contribution in [0.3, 0.4) is 0 Å². The minimum Gasteiger partial charge on any atom is -0.497 e. The molecule has 2 atom stereocenters. The maximum Gasteiger partial charge on any atom is 0.160 e. The Kier molecular flexibility index (Phi) is 4.36. The molecule has 0 aliphatic carbocycles. The van der Waals surface area contributed by atoms with Crippen molar-refractivity contribution in [2.75, 3.05) is 24.4 Å². The van der Waals surface area contributed by atoms with Gasteiger partial charge in [0.25, 0.3) is 0 Å². The number of methoxy groups -OCH3 is 1. The standard InChI is InChI=1S/C15H20N2O3S2/c1-3-21-15-16-13-9-22(18,19)10-14(13)17(15)8-11-4-6-12(20-2)7-5-11/h4-7,13-14H,3,8-10H2,1-2H3/t13-,14+/m0/s1. The van der Waals surface area contributed by atoms with Gasteiger partial charge in [-0.05, 0) is 23.4 Å². The van der Waals surface area contributed by atoms with Gasteiger partial charge in [0.15, 0.2) is 15.0 Å². The van der Waals surface area contributed by atoms with Crippen molar-refractivity contribution >= 4 is 26.8 Å². The molecule has 1 fully saturated rings. The molecular formula is C15H20N2O3S2. The highest BCUT2D eigenvalue weighted by molar-refractivity contribution is 8.13. The summed E-state index contributed by atoms with van der Waals surface area (Å²) in [5.41, 5.74) is 1.13. The van der Waals surface area contributed by atoms with Gasteiger partial charge in [-0.25, -0.2) is 8.42 Å². The summed E-state index contributed by atoms with van der Waals surface area (Å²) in [4.78, 5) is 6.81. The van der Waals surface area contributed by atoms with Crippen LogP contribution < -0.4 is 4.74 Å². The molecule has 0 aromatic heterocycles. The summed E-state index contributed by atoms with van der Waals surface area (Å²) in [6.07, 6.45) is 0. The molecule has 0 bridgehead atoms. The van der Waals surface area contributed by atoms with Gasteiger partial charge in [0.05, 0.1) is 30.7 Å². The first-order chi connectivity index (χ1) is 10.5. The van der Waals surface area contributed by atoms with E-state index >= 15 is 0 Å². The maximum absolute atomic E-state index is 11.9. The molecule has 2 aliphatic rings. The predicted octanol–water partition coefficient (Wildman–Crippen LogP) is 1.79. The maximum atomic E-state index is 11.9. The van der Waals surface area contributed by atoms with Crippen molar-refractivity contribution in [3.63, 3.8) is 0 Å². The highest BCUT2D eigenvalue weighted by Gasteiger charge is 2.46. The summed E-state index contributed by atoms with van der Waals surface area (Å²) in [6, 6.07) is 7.78. The number of aliphatic imine (C=N–C) groups is 1. The molecule has 0 radical (unpaired) electrons. The highest BCUT2D eigenvalue weighted by atomic mass is 32.2. The van der Waals surface area contributed by atoms with Crippen LogP contribution in [0, 0.1) is 0 Å². The molecule has 7 heteroatoms. The monoisotopic (exact) mass is 340 g/mol. The summed E-state index contributed by atoms with van der Waals surface area (Å²) in [6.45, 7) is 2.77. The minimum absolute atomic E-state index is 0.0128. The first-order valence-corrected chi connectivity index (χ1v) is 10.1. The van der Waals surface area contributed by atoms with Crippen molar-refractivity contribution in [2.45, 2.75) is 25.6 Å². The van der Waals surface area contributed by atoms with Gasteiger partial charge in [0, 0.05) is 6.54 Å². The van der Waals surface area contributed by atoms with Crippen LogP contribution in [0.5, 0.6) is 5.75 Å². The van der Waals surface area contributed by atoms with Crippen LogP contribution in [0.2, 0.25) is 0 Å². The molecule has 1 aromatic rings. The molecule has 5 nitrogen and oxygen atoms in total. The predicted molar refractivity (Wildman–Crippen MR) is 90.3 cm³/mol. The fraction of sp³-hybridized carbons (Fsp3) is 0.533. The van der Waals surface area contributed by atoms with Crippen LogP contribution in [0.15, 0.2) is 29.3 Å². The van der Waals surface area contributed by atoms with Gasteiger partial charge in [-0.1, -0.05) is 30.8 Å². The van der Waals surface area contributed by atoms with E-state index in [1.54, 1.807) is 18.9 Å². The Hall–Kier alpha value is -1.21. The number of thioether (sulfide) groups is 1. The molecule has 120 valence electrons. The SMILES string of the molecule is CCSC1=N[C@H]2CS(=O)(=O)C[C@H]2N1Cc1ccc(OC)cc1. The molecule has 22 heavy (non-hydrogen) atoms. The summed E-state index contributed by atoms with van der Waals surface area (Å²) in [5, 5.41) is 0.975.